The Balaban J connectivity index is 1.73. The van der Waals surface area contributed by atoms with Gasteiger partial charge >= 0.3 is 0 Å². The predicted octanol–water partition coefficient (Wildman–Crippen LogP) is 5.70. The molecule has 28 heavy (non-hydrogen) atoms. The van der Waals surface area contributed by atoms with Crippen LogP contribution in [0.2, 0.25) is 0 Å². The van der Waals surface area contributed by atoms with E-state index in [0.717, 1.165) is 33.3 Å². The Morgan fingerprint density at radius 1 is 1.18 bits per heavy atom. The minimum Gasteiger partial charge on any atom is -0.495 e. The summed E-state index contributed by atoms with van der Waals surface area (Å²) in [4.78, 5) is 11.0. The number of nitrogens with one attached hydrogen (secondary N) is 1. The number of aryl methyl sites for hydroxylation is 1. The summed E-state index contributed by atoms with van der Waals surface area (Å²) < 4.78 is 11.3. The molecule has 0 unspecified atom stereocenters. The number of para-hydroxylation sites is 2. The topological polar surface area (TPSA) is 85.7 Å². The maximum Gasteiger partial charge on any atom is 0.210 e. The van der Waals surface area contributed by atoms with Crippen molar-refractivity contribution in [1.29, 1.82) is 0 Å². The van der Waals surface area contributed by atoms with E-state index in [-0.39, 0.29) is 12.5 Å². The highest BCUT2D eigenvalue weighted by Gasteiger charge is 2.14. The van der Waals surface area contributed by atoms with Gasteiger partial charge in [0.15, 0.2) is 5.01 Å². The van der Waals surface area contributed by atoms with E-state index >= 15 is 0 Å². The van der Waals surface area contributed by atoms with Crippen LogP contribution < -0.4 is 14.8 Å². The molecule has 1 aromatic heterocycles. The lowest BCUT2D eigenvalue weighted by Crippen LogP contribution is -2.00. The Morgan fingerprint density at radius 2 is 1.96 bits per heavy atom. The van der Waals surface area contributed by atoms with Gasteiger partial charge in [0.2, 0.25) is 5.13 Å². The number of rotatable bonds is 8. The van der Waals surface area contributed by atoms with Crippen molar-refractivity contribution in [3.63, 3.8) is 0 Å². The quantitative estimate of drug-likeness (QED) is 0.490. The van der Waals surface area contributed by atoms with E-state index in [0.29, 0.717) is 10.8 Å². The van der Waals surface area contributed by atoms with E-state index in [2.05, 4.69) is 20.7 Å². The number of hydrogen-bond donors (Lipinski definition) is 1. The largest absolute Gasteiger partial charge is 0.495 e. The zero-order valence-corrected chi connectivity index (χ0v) is 17.0. The minimum atomic E-state index is 0.202. The SMILES string of the molecule is COc1ccccc1Nc1nnc(COc2cc(C)c(N=O)cc2C(C)C)s1. The van der Waals surface area contributed by atoms with Gasteiger partial charge in [-0.15, -0.1) is 15.1 Å². The Hall–Kier alpha value is -3.00. The minimum absolute atomic E-state index is 0.202. The van der Waals surface area contributed by atoms with Crippen molar-refractivity contribution in [2.24, 2.45) is 5.18 Å². The lowest BCUT2D eigenvalue weighted by atomic mass is 9.99. The second kappa shape index (κ2) is 8.79. The van der Waals surface area contributed by atoms with E-state index in [4.69, 9.17) is 9.47 Å². The third kappa shape index (κ3) is 4.45. The molecule has 3 rings (SSSR count). The molecule has 0 spiro atoms. The molecule has 0 bridgehead atoms. The maximum absolute atomic E-state index is 11.0. The molecule has 2 aromatic carbocycles. The second-order valence-electron chi connectivity index (χ2n) is 6.54. The van der Waals surface area contributed by atoms with Crippen molar-refractivity contribution in [2.75, 3.05) is 12.4 Å². The number of hydrogen-bond acceptors (Lipinski definition) is 8. The van der Waals surface area contributed by atoms with Crippen molar-refractivity contribution in [2.45, 2.75) is 33.3 Å². The Labute approximate surface area is 167 Å². The summed E-state index contributed by atoms with van der Waals surface area (Å²) in [7, 11) is 1.62. The molecule has 0 radical (unpaired) electrons. The first-order valence-corrected chi connectivity index (χ1v) is 9.66. The molecule has 0 fully saturated rings. The average Bonchev–Trinajstić information content (AvgIpc) is 3.14. The van der Waals surface area contributed by atoms with Crippen LogP contribution in [0.5, 0.6) is 11.5 Å². The van der Waals surface area contributed by atoms with Crippen molar-refractivity contribution in [1.82, 2.24) is 10.2 Å². The molecule has 0 atom stereocenters. The molecule has 0 aliphatic heterocycles. The number of nitroso groups, excluding NO2 is 1. The van der Waals surface area contributed by atoms with Crippen LogP contribution in [0.4, 0.5) is 16.5 Å². The van der Waals surface area contributed by atoms with E-state index in [1.54, 1.807) is 13.2 Å². The fraction of sp³-hybridized carbons (Fsp3) is 0.300. The van der Waals surface area contributed by atoms with E-state index in [1.165, 1.54) is 11.3 Å². The number of nitrogens with zero attached hydrogens (tertiary/aromatic N) is 3. The van der Waals surface area contributed by atoms with Gasteiger partial charge in [-0.2, -0.15) is 0 Å². The highest BCUT2D eigenvalue weighted by Crippen LogP contribution is 2.34. The molecule has 0 amide bonds. The van der Waals surface area contributed by atoms with Crippen molar-refractivity contribution < 1.29 is 9.47 Å². The molecule has 1 heterocycles. The summed E-state index contributed by atoms with van der Waals surface area (Å²) in [6.45, 7) is 6.23. The smallest absolute Gasteiger partial charge is 0.210 e. The van der Waals surface area contributed by atoms with E-state index in [1.807, 2.05) is 51.1 Å². The zero-order valence-electron chi connectivity index (χ0n) is 16.2. The lowest BCUT2D eigenvalue weighted by Gasteiger charge is -2.15. The summed E-state index contributed by atoms with van der Waals surface area (Å²) >= 11 is 1.41. The van der Waals surface area contributed by atoms with Gasteiger partial charge in [-0.05, 0) is 53.4 Å². The maximum atomic E-state index is 11.0. The number of benzene rings is 2. The summed E-state index contributed by atoms with van der Waals surface area (Å²) in [5.74, 6) is 1.67. The van der Waals surface area contributed by atoms with Gasteiger partial charge in [0.1, 0.15) is 23.8 Å². The number of methoxy groups -OCH3 is 1. The number of anilines is 2. The average molecular weight is 398 g/mol. The first-order valence-electron chi connectivity index (χ1n) is 8.85. The first kappa shape index (κ1) is 19.8. The van der Waals surface area contributed by atoms with Crippen molar-refractivity contribution in [3.05, 3.63) is 57.4 Å². The molecule has 0 aliphatic rings. The standard InChI is InChI=1S/C20H22N4O3S/c1-12(2)14-10-16(24-25)13(3)9-18(14)27-11-19-22-23-20(28-19)21-15-7-5-6-8-17(15)26-4/h5-10,12H,11H2,1-4H3,(H,21,23). The van der Waals surface area contributed by atoms with Crippen molar-refractivity contribution in [3.8, 4) is 11.5 Å². The van der Waals surface area contributed by atoms with Crippen LogP contribution in [-0.4, -0.2) is 17.3 Å². The Bertz CT molecular complexity index is 972. The van der Waals surface area contributed by atoms with Gasteiger partial charge in [0, 0.05) is 0 Å². The molecule has 3 aromatic rings. The summed E-state index contributed by atoms with van der Waals surface area (Å²) in [5, 5.41) is 16.0. The molecule has 146 valence electrons. The van der Waals surface area contributed by atoms with Gasteiger partial charge in [0.25, 0.3) is 0 Å². The fourth-order valence-corrected chi connectivity index (χ4v) is 3.39. The lowest BCUT2D eigenvalue weighted by molar-refractivity contribution is 0.300. The van der Waals surface area contributed by atoms with Crippen LogP contribution in [0, 0.1) is 11.8 Å². The zero-order chi connectivity index (χ0) is 20.1. The summed E-state index contributed by atoms with van der Waals surface area (Å²) in [6, 6.07) is 11.3. The third-order valence-electron chi connectivity index (χ3n) is 4.22. The Kier molecular flexibility index (Phi) is 6.20. The van der Waals surface area contributed by atoms with E-state index < -0.39 is 0 Å². The highest BCUT2D eigenvalue weighted by atomic mass is 32.1. The van der Waals surface area contributed by atoms with Gasteiger partial charge in [0.05, 0.1) is 12.8 Å². The van der Waals surface area contributed by atoms with Gasteiger partial charge in [-0.1, -0.05) is 37.3 Å². The molecular weight excluding hydrogens is 376 g/mol. The Morgan fingerprint density at radius 3 is 2.68 bits per heavy atom. The first-order chi connectivity index (χ1) is 13.5. The molecule has 0 saturated heterocycles. The fourth-order valence-electron chi connectivity index (χ4n) is 2.73. The van der Waals surface area contributed by atoms with Crippen LogP contribution >= 0.6 is 11.3 Å². The molecule has 8 heteroatoms. The van der Waals surface area contributed by atoms with Crippen LogP contribution in [0.25, 0.3) is 0 Å². The van der Waals surface area contributed by atoms with Crippen molar-refractivity contribution >= 4 is 27.8 Å². The second-order valence-corrected chi connectivity index (χ2v) is 7.60. The van der Waals surface area contributed by atoms with Gasteiger partial charge in [-0.25, -0.2) is 0 Å². The van der Waals surface area contributed by atoms with Gasteiger partial charge < -0.3 is 14.8 Å². The molecule has 0 saturated carbocycles. The van der Waals surface area contributed by atoms with Crippen LogP contribution in [-0.2, 0) is 6.61 Å². The molecule has 7 nitrogen and oxygen atoms in total. The normalized spacial score (nSPS) is 10.8. The number of ether oxygens (including phenoxy) is 2. The van der Waals surface area contributed by atoms with Crippen LogP contribution in [0.1, 0.15) is 35.9 Å². The van der Waals surface area contributed by atoms with Crippen LogP contribution in [0.15, 0.2) is 41.6 Å². The van der Waals surface area contributed by atoms with Gasteiger partial charge in [-0.3, -0.25) is 0 Å². The molecule has 1 N–H and O–H groups in total. The molecule has 0 aliphatic carbocycles. The summed E-state index contributed by atoms with van der Waals surface area (Å²) in [5.41, 5.74) is 2.99. The summed E-state index contributed by atoms with van der Waals surface area (Å²) in [6.07, 6.45) is 0. The highest BCUT2D eigenvalue weighted by molar-refractivity contribution is 7.15. The van der Waals surface area contributed by atoms with E-state index in [9.17, 15) is 4.91 Å². The molecular formula is C20H22N4O3S. The monoisotopic (exact) mass is 398 g/mol. The number of aromatic nitrogens is 2. The van der Waals surface area contributed by atoms with Crippen LogP contribution in [0.3, 0.4) is 0 Å². The predicted molar refractivity (Wildman–Crippen MR) is 111 cm³/mol. The third-order valence-corrected chi connectivity index (χ3v) is 5.03.